The summed E-state index contributed by atoms with van der Waals surface area (Å²) in [4.78, 5) is 12.0. The van der Waals surface area contributed by atoms with E-state index in [-0.39, 0.29) is 5.28 Å². The number of pyridine rings is 1. The monoisotopic (exact) mass is 223 g/mol. The van der Waals surface area contributed by atoms with Crippen LogP contribution in [0.3, 0.4) is 0 Å². The molecule has 14 heavy (non-hydrogen) atoms. The van der Waals surface area contributed by atoms with Crippen molar-refractivity contribution in [3.05, 3.63) is 41.9 Å². The lowest BCUT2D eigenvalue weighted by atomic mass is 10.5. The molecule has 0 fully saturated rings. The Kier molecular flexibility index (Phi) is 2.96. The largest absolute Gasteiger partial charge is 0.250 e. The Morgan fingerprint density at radius 1 is 1.00 bits per heavy atom. The highest BCUT2D eigenvalue weighted by molar-refractivity contribution is 7.99. The molecule has 5 heteroatoms. The van der Waals surface area contributed by atoms with Crippen molar-refractivity contribution in [2.24, 2.45) is 0 Å². The van der Waals surface area contributed by atoms with Gasteiger partial charge in [0.2, 0.25) is 5.28 Å². The normalized spacial score (nSPS) is 10.1. The van der Waals surface area contributed by atoms with Crippen molar-refractivity contribution in [1.29, 1.82) is 0 Å². The Balaban J connectivity index is 2.19. The van der Waals surface area contributed by atoms with Crippen molar-refractivity contribution >= 4 is 23.4 Å². The van der Waals surface area contributed by atoms with Gasteiger partial charge in [0.15, 0.2) is 0 Å². The summed E-state index contributed by atoms with van der Waals surface area (Å²) in [6, 6.07) is 7.51. The smallest absolute Gasteiger partial charge is 0.223 e. The minimum absolute atomic E-state index is 0.255. The van der Waals surface area contributed by atoms with Crippen LogP contribution in [-0.4, -0.2) is 15.0 Å². The summed E-state index contributed by atoms with van der Waals surface area (Å²) in [5.74, 6) is 0. The molecule has 0 aliphatic rings. The third kappa shape index (κ3) is 2.43. The van der Waals surface area contributed by atoms with E-state index < -0.39 is 0 Å². The first-order chi connectivity index (χ1) is 6.84. The van der Waals surface area contributed by atoms with Gasteiger partial charge in [-0.3, -0.25) is 0 Å². The van der Waals surface area contributed by atoms with Gasteiger partial charge in [0.05, 0.1) is 0 Å². The molecule has 2 heterocycles. The Labute approximate surface area is 90.6 Å². The summed E-state index contributed by atoms with van der Waals surface area (Å²) in [6.07, 6.45) is 3.37. The number of hydrogen-bond acceptors (Lipinski definition) is 4. The highest BCUT2D eigenvalue weighted by Gasteiger charge is 1.99. The predicted octanol–water partition coefficient (Wildman–Crippen LogP) is 2.68. The predicted molar refractivity (Wildman–Crippen MR) is 55.4 cm³/mol. The zero-order chi connectivity index (χ0) is 9.80. The van der Waals surface area contributed by atoms with Gasteiger partial charge in [-0.15, -0.1) is 0 Å². The molecular weight excluding hydrogens is 218 g/mol. The summed E-state index contributed by atoms with van der Waals surface area (Å²) in [5, 5.41) is 1.94. The zero-order valence-electron chi connectivity index (χ0n) is 7.09. The summed E-state index contributed by atoms with van der Waals surface area (Å²) >= 11 is 7.11. The average Bonchev–Trinajstić information content (AvgIpc) is 2.19. The quantitative estimate of drug-likeness (QED) is 0.580. The Morgan fingerprint density at radius 3 is 2.64 bits per heavy atom. The zero-order valence-corrected chi connectivity index (χ0v) is 8.66. The maximum Gasteiger partial charge on any atom is 0.223 e. The molecule has 0 aromatic carbocycles. The molecule has 0 bridgehead atoms. The molecule has 3 nitrogen and oxygen atoms in total. The maximum absolute atomic E-state index is 5.66. The van der Waals surface area contributed by atoms with Crippen molar-refractivity contribution in [3.8, 4) is 0 Å². The molecule has 0 amide bonds. The van der Waals surface area contributed by atoms with E-state index in [0.29, 0.717) is 0 Å². The second kappa shape index (κ2) is 4.39. The topological polar surface area (TPSA) is 38.7 Å². The minimum atomic E-state index is 0.255. The minimum Gasteiger partial charge on any atom is -0.250 e. The summed E-state index contributed by atoms with van der Waals surface area (Å²) < 4.78 is 0. The number of nitrogens with zero attached hydrogens (tertiary/aromatic N) is 3. The molecule has 0 unspecified atom stereocenters. The van der Waals surface area contributed by atoms with Crippen molar-refractivity contribution in [2.45, 2.75) is 10.1 Å². The van der Waals surface area contributed by atoms with Crippen LogP contribution in [0.5, 0.6) is 0 Å². The number of rotatable bonds is 2. The molecule has 2 aromatic rings. The van der Waals surface area contributed by atoms with Crippen LogP contribution < -0.4 is 0 Å². The van der Waals surface area contributed by atoms with Gasteiger partial charge >= 0.3 is 0 Å². The molecule has 0 N–H and O–H groups in total. The standard InChI is InChI=1S/C9H6ClN3S/c10-9-12-6-4-8(13-9)14-7-3-1-2-5-11-7/h1-6H. The van der Waals surface area contributed by atoms with E-state index in [1.165, 1.54) is 11.8 Å². The number of hydrogen-bond donors (Lipinski definition) is 0. The van der Waals surface area contributed by atoms with Crippen molar-refractivity contribution in [1.82, 2.24) is 15.0 Å². The van der Waals surface area contributed by atoms with Crippen LogP contribution in [0.15, 0.2) is 46.7 Å². The maximum atomic E-state index is 5.66. The first-order valence-electron chi connectivity index (χ1n) is 3.92. The van der Waals surface area contributed by atoms with Crippen LogP contribution in [0, 0.1) is 0 Å². The van der Waals surface area contributed by atoms with Crippen LogP contribution in [0.4, 0.5) is 0 Å². The molecule has 0 aliphatic carbocycles. The third-order valence-corrected chi connectivity index (χ3v) is 2.52. The van der Waals surface area contributed by atoms with E-state index in [1.54, 1.807) is 18.5 Å². The van der Waals surface area contributed by atoms with Gasteiger partial charge < -0.3 is 0 Å². The van der Waals surface area contributed by atoms with Crippen LogP contribution in [0.25, 0.3) is 0 Å². The van der Waals surface area contributed by atoms with Crippen LogP contribution in [0.2, 0.25) is 5.28 Å². The molecule has 0 saturated heterocycles. The summed E-state index contributed by atoms with van der Waals surface area (Å²) in [7, 11) is 0. The first-order valence-corrected chi connectivity index (χ1v) is 5.11. The average molecular weight is 224 g/mol. The Morgan fingerprint density at radius 2 is 1.93 bits per heavy atom. The molecule has 0 atom stereocenters. The van der Waals surface area contributed by atoms with Gasteiger partial charge in [0.25, 0.3) is 0 Å². The van der Waals surface area contributed by atoms with Crippen LogP contribution in [-0.2, 0) is 0 Å². The fourth-order valence-corrected chi connectivity index (χ4v) is 1.82. The van der Waals surface area contributed by atoms with Crippen molar-refractivity contribution in [3.63, 3.8) is 0 Å². The summed E-state index contributed by atoms with van der Waals surface area (Å²) in [6.45, 7) is 0. The van der Waals surface area contributed by atoms with Gasteiger partial charge in [0.1, 0.15) is 10.1 Å². The van der Waals surface area contributed by atoms with Crippen LogP contribution in [0.1, 0.15) is 0 Å². The van der Waals surface area contributed by atoms with E-state index in [0.717, 1.165) is 10.1 Å². The van der Waals surface area contributed by atoms with Gasteiger partial charge in [-0.25, -0.2) is 15.0 Å². The van der Waals surface area contributed by atoms with Crippen molar-refractivity contribution in [2.75, 3.05) is 0 Å². The third-order valence-electron chi connectivity index (χ3n) is 1.45. The first kappa shape index (κ1) is 9.43. The van der Waals surface area contributed by atoms with Crippen LogP contribution >= 0.6 is 23.4 Å². The fraction of sp³-hybridized carbons (Fsp3) is 0. The van der Waals surface area contributed by atoms with E-state index >= 15 is 0 Å². The highest BCUT2D eigenvalue weighted by Crippen LogP contribution is 2.23. The summed E-state index contributed by atoms with van der Waals surface area (Å²) in [5.41, 5.74) is 0. The number of halogens is 1. The van der Waals surface area contributed by atoms with Crippen molar-refractivity contribution < 1.29 is 0 Å². The van der Waals surface area contributed by atoms with E-state index in [9.17, 15) is 0 Å². The molecule has 2 rings (SSSR count). The Hall–Kier alpha value is -1.13. The Bertz CT molecular complexity index is 421. The highest BCUT2D eigenvalue weighted by atomic mass is 35.5. The fourth-order valence-electron chi connectivity index (χ4n) is 0.891. The van der Waals surface area contributed by atoms with Gasteiger partial charge in [-0.1, -0.05) is 6.07 Å². The molecule has 0 radical (unpaired) electrons. The second-order valence-electron chi connectivity index (χ2n) is 2.43. The van der Waals surface area contributed by atoms with Gasteiger partial charge in [0, 0.05) is 12.4 Å². The lowest BCUT2D eigenvalue weighted by molar-refractivity contribution is 1.04. The molecule has 0 spiro atoms. The molecule has 2 aromatic heterocycles. The van der Waals surface area contributed by atoms with E-state index in [1.807, 2.05) is 18.2 Å². The lowest BCUT2D eigenvalue weighted by Gasteiger charge is -1.98. The van der Waals surface area contributed by atoms with E-state index in [2.05, 4.69) is 15.0 Å². The molecule has 0 aliphatic heterocycles. The molecule has 70 valence electrons. The number of aromatic nitrogens is 3. The second-order valence-corrected chi connectivity index (χ2v) is 3.81. The van der Waals surface area contributed by atoms with Gasteiger partial charge in [-0.05, 0) is 41.6 Å². The SMILES string of the molecule is Clc1nccc(Sc2ccccn2)n1. The lowest BCUT2D eigenvalue weighted by Crippen LogP contribution is -1.84. The van der Waals surface area contributed by atoms with E-state index in [4.69, 9.17) is 11.6 Å². The van der Waals surface area contributed by atoms with Gasteiger partial charge in [-0.2, -0.15) is 0 Å². The molecule has 0 saturated carbocycles. The molecular formula is C9H6ClN3S.